The molecule has 0 bridgehead atoms. The van der Waals surface area contributed by atoms with E-state index in [4.69, 9.17) is 38.7 Å². The van der Waals surface area contributed by atoms with Gasteiger partial charge in [0.1, 0.15) is 47.0 Å². The summed E-state index contributed by atoms with van der Waals surface area (Å²) >= 11 is 6.99. The number of amides is 3. The molecule has 0 spiro atoms. The number of aromatic nitrogens is 1. The molecule has 2 radical (unpaired) electrons. The molecule has 1 saturated heterocycles. The molecule has 49 heavy (non-hydrogen) atoms. The molecule has 2 aromatic rings. The van der Waals surface area contributed by atoms with Crippen LogP contribution in [0.1, 0.15) is 32.0 Å². The van der Waals surface area contributed by atoms with Gasteiger partial charge < -0.3 is 29.0 Å². The van der Waals surface area contributed by atoms with Crippen molar-refractivity contribution in [2.24, 2.45) is 5.16 Å². The Morgan fingerprint density at radius 3 is 2.57 bits per heavy atom. The number of nitrogens with one attached hydrogen (secondary N) is 2. The van der Waals surface area contributed by atoms with Gasteiger partial charge in [-0.1, -0.05) is 17.3 Å². The van der Waals surface area contributed by atoms with Gasteiger partial charge in [0.15, 0.2) is 10.8 Å². The first-order valence-electron chi connectivity index (χ1n) is 14.1. The van der Waals surface area contributed by atoms with Crippen LogP contribution in [0.4, 0.5) is 9.93 Å². The van der Waals surface area contributed by atoms with E-state index in [-0.39, 0.29) is 40.3 Å². The van der Waals surface area contributed by atoms with Crippen LogP contribution in [0, 0.1) is 0 Å². The van der Waals surface area contributed by atoms with Gasteiger partial charge in [-0.05, 0) is 44.0 Å². The number of carbonyl (C=O) groups is 5. The molecule has 0 saturated carbocycles. The summed E-state index contributed by atoms with van der Waals surface area (Å²) in [6, 6.07) is 5.42. The van der Waals surface area contributed by atoms with Crippen LogP contribution in [0.3, 0.4) is 0 Å². The van der Waals surface area contributed by atoms with E-state index in [1.54, 1.807) is 45.0 Å². The molecule has 258 valence electrons. The van der Waals surface area contributed by atoms with Crippen LogP contribution in [0.15, 0.2) is 58.4 Å². The first-order valence-corrected chi connectivity index (χ1v) is 16.9. The van der Waals surface area contributed by atoms with Crippen LogP contribution in [0.2, 0.25) is 0 Å². The minimum atomic E-state index is -1.78. The number of ether oxygens (including phenoxy) is 3. The van der Waals surface area contributed by atoms with Gasteiger partial charge in [-0.15, -0.1) is 22.9 Å². The Labute approximate surface area is 292 Å². The molecule has 0 aliphatic carbocycles. The van der Waals surface area contributed by atoms with Crippen molar-refractivity contribution in [3.63, 3.8) is 0 Å². The smallest absolute Gasteiger partial charge is 0.413 e. The lowest BCUT2D eigenvalue weighted by molar-refractivity contribution is -0.153. The summed E-state index contributed by atoms with van der Waals surface area (Å²) in [4.78, 5) is 73.8. The van der Waals surface area contributed by atoms with Crippen LogP contribution in [0.25, 0.3) is 0 Å². The topological polar surface area (TPSA) is 201 Å². The number of fused-ring (bicyclic) bond motifs is 1. The molecule has 2 aliphatic heterocycles. The van der Waals surface area contributed by atoms with Crippen molar-refractivity contribution in [2.45, 2.75) is 44.4 Å². The maximum Gasteiger partial charge on any atom is 0.413 e. The summed E-state index contributed by atoms with van der Waals surface area (Å²) in [5.41, 5.74) is -0.674. The third-order valence-electron chi connectivity index (χ3n) is 6.47. The van der Waals surface area contributed by atoms with Gasteiger partial charge >= 0.3 is 26.1 Å². The standard InChI is InChI=1S/C29H29BClN5O11S2/c1-29(2,3)46-28(41)34-27-32-18(13-48-27)20(35-45-10-9-19(37)47-30)23(38)33-21-24(39)36-22(16(11-31)14-49(42)25(21)36)26(40)44-12-15-5-7-17(43-4)8-6-15/h5-10,13,21,25H,11-12,14H2,1-4H3,(H,33,38)(H,32,34,41)/b10-9+,35-20-/t21-,25-,49?/m1/s1. The molecule has 1 unspecified atom stereocenters. The van der Waals surface area contributed by atoms with Gasteiger partial charge in [0.2, 0.25) is 0 Å². The Morgan fingerprint density at radius 2 is 1.94 bits per heavy atom. The van der Waals surface area contributed by atoms with Crippen LogP contribution >= 0.6 is 22.9 Å². The minimum absolute atomic E-state index is 0.0304. The predicted octanol–water partition coefficient (Wildman–Crippen LogP) is 2.01. The summed E-state index contributed by atoms with van der Waals surface area (Å²) < 4.78 is 33.0. The van der Waals surface area contributed by atoms with Crippen LogP contribution in [-0.2, 0) is 55.6 Å². The van der Waals surface area contributed by atoms with Crippen molar-refractivity contribution in [3.05, 3.63) is 64.5 Å². The number of hydrogen-bond acceptors (Lipinski definition) is 14. The first-order chi connectivity index (χ1) is 23.3. The second-order valence-electron chi connectivity index (χ2n) is 11.0. The molecule has 3 atom stereocenters. The maximum absolute atomic E-state index is 13.5. The lowest BCUT2D eigenvalue weighted by Crippen LogP contribution is -2.74. The molecule has 16 nitrogen and oxygen atoms in total. The highest BCUT2D eigenvalue weighted by Crippen LogP contribution is 2.36. The Balaban J connectivity index is 1.52. The number of thiazole rings is 1. The van der Waals surface area contributed by atoms with Crippen molar-refractivity contribution in [1.29, 1.82) is 0 Å². The molecule has 3 amide bonds. The van der Waals surface area contributed by atoms with E-state index in [1.165, 1.54) is 12.5 Å². The number of halogens is 1. The number of benzene rings is 1. The van der Waals surface area contributed by atoms with E-state index in [1.807, 2.05) is 0 Å². The fourth-order valence-corrected chi connectivity index (χ4v) is 7.04. The van der Waals surface area contributed by atoms with E-state index >= 15 is 0 Å². The van der Waals surface area contributed by atoms with Gasteiger partial charge in [-0.25, -0.2) is 19.4 Å². The number of hydrogen-bond donors (Lipinski definition) is 2. The van der Waals surface area contributed by atoms with Crippen LogP contribution in [0.5, 0.6) is 5.75 Å². The third-order valence-corrected chi connectivity index (χ3v) is 9.20. The zero-order chi connectivity index (χ0) is 35.9. The largest absolute Gasteiger partial charge is 0.540 e. The zero-order valence-corrected chi connectivity index (χ0v) is 28.8. The van der Waals surface area contributed by atoms with E-state index in [0.717, 1.165) is 28.6 Å². The Bertz CT molecular complexity index is 1740. The average Bonchev–Trinajstić information content (AvgIpc) is 3.51. The van der Waals surface area contributed by atoms with Crippen molar-refractivity contribution in [1.82, 2.24) is 15.2 Å². The van der Waals surface area contributed by atoms with Crippen molar-refractivity contribution < 1.29 is 51.9 Å². The monoisotopic (exact) mass is 733 g/mol. The Morgan fingerprint density at radius 1 is 1.22 bits per heavy atom. The number of rotatable bonds is 12. The van der Waals surface area contributed by atoms with Gasteiger partial charge in [0, 0.05) is 11.3 Å². The van der Waals surface area contributed by atoms with E-state index in [2.05, 4.69) is 25.4 Å². The van der Waals surface area contributed by atoms with E-state index in [9.17, 15) is 28.2 Å². The molecule has 2 N–H and O–H groups in total. The zero-order valence-electron chi connectivity index (χ0n) is 26.4. The van der Waals surface area contributed by atoms with Crippen molar-refractivity contribution >= 4 is 82.5 Å². The molecular weight excluding hydrogens is 705 g/mol. The summed E-state index contributed by atoms with van der Waals surface area (Å²) in [5.74, 6) is -3.36. The van der Waals surface area contributed by atoms with E-state index in [0.29, 0.717) is 11.3 Å². The number of methoxy groups -OCH3 is 1. The molecule has 1 aromatic carbocycles. The number of carbonyl (C=O) groups excluding carboxylic acids is 5. The fourth-order valence-electron chi connectivity index (χ4n) is 4.34. The SMILES string of the molecule is [B]OC(=O)/C=C/O/N=C(\C(=O)N[C@@H]1C(=O)N2C(C(=O)OCc3ccc(OC)cc3)=C(CCl)CS(=O)[C@H]12)c1csc(NC(=O)OC(C)(C)C)n1. The summed E-state index contributed by atoms with van der Waals surface area (Å²) in [6.45, 7) is 4.88. The summed E-state index contributed by atoms with van der Waals surface area (Å²) in [5, 5.41) is 8.83. The number of esters is 1. The summed E-state index contributed by atoms with van der Waals surface area (Å²) in [6.07, 6.45) is 0.728. The molecule has 2 aliphatic rings. The first kappa shape index (κ1) is 37.1. The number of alkyl halides is 1. The van der Waals surface area contributed by atoms with Gasteiger partial charge in [0.05, 0.1) is 29.7 Å². The fraction of sp³-hybridized carbons (Fsp3) is 0.345. The normalized spacial score (nSPS) is 19.0. The molecule has 1 aromatic heterocycles. The van der Waals surface area contributed by atoms with Gasteiger partial charge in [-0.3, -0.25) is 24.0 Å². The molecule has 3 heterocycles. The number of β-lactam (4-membered cyclic amide) rings is 1. The second kappa shape index (κ2) is 16.1. The van der Waals surface area contributed by atoms with Crippen molar-refractivity contribution in [3.8, 4) is 5.75 Å². The van der Waals surface area contributed by atoms with Crippen LogP contribution in [-0.4, -0.2) is 93.5 Å². The highest BCUT2D eigenvalue weighted by molar-refractivity contribution is 7.86. The van der Waals surface area contributed by atoms with E-state index < -0.39 is 63.4 Å². The highest BCUT2D eigenvalue weighted by atomic mass is 35.5. The quantitative estimate of drug-likeness (QED) is 0.0471. The maximum atomic E-state index is 13.5. The van der Waals surface area contributed by atoms with Crippen molar-refractivity contribution in [2.75, 3.05) is 24.1 Å². The van der Waals surface area contributed by atoms with Gasteiger partial charge in [0.25, 0.3) is 11.8 Å². The van der Waals surface area contributed by atoms with Gasteiger partial charge in [-0.2, -0.15) is 0 Å². The predicted molar refractivity (Wildman–Crippen MR) is 177 cm³/mol. The lowest BCUT2D eigenvalue weighted by Gasteiger charge is -2.49. The highest BCUT2D eigenvalue weighted by Gasteiger charge is 2.57. The molecular formula is C29H29BClN5O11S2. The second-order valence-corrected chi connectivity index (χ2v) is 13.7. The number of anilines is 1. The molecule has 4 rings (SSSR count). The Kier molecular flexibility index (Phi) is 12.2. The summed E-state index contributed by atoms with van der Waals surface area (Å²) in [7, 11) is 4.51. The number of oxime groups is 1. The average molecular weight is 734 g/mol. The minimum Gasteiger partial charge on any atom is -0.540 e. The molecule has 1 fully saturated rings. The number of nitrogens with zero attached hydrogens (tertiary/aromatic N) is 3. The lowest BCUT2D eigenvalue weighted by atomic mass is 10.0. The van der Waals surface area contributed by atoms with Crippen LogP contribution < -0.4 is 15.4 Å². The Hall–Kier alpha value is -4.75. The third kappa shape index (κ3) is 9.24. The molecule has 20 heteroatoms.